The molecule has 3 N–H and O–H groups in total. The Labute approximate surface area is 230 Å². The van der Waals surface area contributed by atoms with E-state index in [9.17, 15) is 4.79 Å². The molecule has 40 heavy (non-hydrogen) atoms. The molecule has 3 aromatic heterocycles. The SMILES string of the molecule is Nc1ncnn2c(-c3ccc(CN4CCC(=O)NC4)cc3)cc(-c3ccc4cn(Cc5ccccc5)nc4c3)c12. The molecule has 1 aliphatic rings. The molecule has 0 saturated carbocycles. The summed E-state index contributed by atoms with van der Waals surface area (Å²) >= 11 is 0. The van der Waals surface area contributed by atoms with Gasteiger partial charge in [0.25, 0.3) is 0 Å². The highest BCUT2D eigenvalue weighted by atomic mass is 16.1. The number of carbonyl (C=O) groups is 1. The van der Waals surface area contributed by atoms with Gasteiger partial charge in [-0.05, 0) is 28.8 Å². The highest BCUT2D eigenvalue weighted by Crippen LogP contribution is 2.35. The summed E-state index contributed by atoms with van der Waals surface area (Å²) in [6, 6.07) is 27.2. The lowest BCUT2D eigenvalue weighted by Crippen LogP contribution is -2.44. The summed E-state index contributed by atoms with van der Waals surface area (Å²) in [7, 11) is 0. The van der Waals surface area contributed by atoms with Crippen LogP contribution < -0.4 is 11.1 Å². The minimum absolute atomic E-state index is 0.114. The first kappa shape index (κ1) is 24.1. The van der Waals surface area contributed by atoms with Crippen LogP contribution in [-0.4, -0.2) is 48.4 Å². The fourth-order valence-electron chi connectivity index (χ4n) is 5.38. The van der Waals surface area contributed by atoms with Gasteiger partial charge in [-0.25, -0.2) is 9.50 Å². The Balaban J connectivity index is 1.22. The summed E-state index contributed by atoms with van der Waals surface area (Å²) in [4.78, 5) is 18.0. The quantitative estimate of drug-likeness (QED) is 0.334. The highest BCUT2D eigenvalue weighted by Gasteiger charge is 2.18. The van der Waals surface area contributed by atoms with Crippen LogP contribution in [0.3, 0.4) is 0 Å². The fraction of sp³-hybridized carbons (Fsp3) is 0.161. The van der Waals surface area contributed by atoms with Gasteiger partial charge in [0.15, 0.2) is 5.82 Å². The average Bonchev–Trinajstić information content (AvgIpc) is 3.57. The molecule has 1 fully saturated rings. The number of rotatable bonds is 6. The Kier molecular flexibility index (Phi) is 5.98. The molecule has 0 bridgehead atoms. The van der Waals surface area contributed by atoms with E-state index in [4.69, 9.17) is 10.8 Å². The lowest BCUT2D eigenvalue weighted by molar-refractivity contribution is -0.124. The van der Waals surface area contributed by atoms with Gasteiger partial charge in [-0.2, -0.15) is 10.2 Å². The number of amides is 1. The van der Waals surface area contributed by atoms with Crippen molar-refractivity contribution in [3.63, 3.8) is 0 Å². The van der Waals surface area contributed by atoms with E-state index in [0.29, 0.717) is 25.5 Å². The molecule has 6 aromatic rings. The molecule has 0 aliphatic carbocycles. The maximum absolute atomic E-state index is 11.5. The van der Waals surface area contributed by atoms with Crippen molar-refractivity contribution in [2.45, 2.75) is 19.5 Å². The summed E-state index contributed by atoms with van der Waals surface area (Å²) in [6.45, 7) is 2.85. The first-order chi connectivity index (χ1) is 19.6. The number of nitrogens with one attached hydrogen (secondary N) is 1. The Bertz CT molecular complexity index is 1830. The summed E-state index contributed by atoms with van der Waals surface area (Å²) in [6.07, 6.45) is 4.10. The van der Waals surface area contributed by atoms with Gasteiger partial charge < -0.3 is 11.1 Å². The second-order valence-corrected chi connectivity index (χ2v) is 10.2. The van der Waals surface area contributed by atoms with Crippen LogP contribution in [0.1, 0.15) is 17.5 Å². The van der Waals surface area contributed by atoms with Gasteiger partial charge >= 0.3 is 0 Å². The summed E-state index contributed by atoms with van der Waals surface area (Å²) in [5.41, 5.74) is 14.4. The van der Waals surface area contributed by atoms with Crippen molar-refractivity contribution in [1.29, 1.82) is 0 Å². The van der Waals surface area contributed by atoms with E-state index in [1.807, 2.05) is 27.4 Å². The van der Waals surface area contributed by atoms with Crippen LogP contribution in [0.2, 0.25) is 0 Å². The highest BCUT2D eigenvalue weighted by molar-refractivity contribution is 5.95. The zero-order valence-corrected chi connectivity index (χ0v) is 21.9. The number of anilines is 1. The van der Waals surface area contributed by atoms with Crippen molar-refractivity contribution >= 4 is 28.1 Å². The number of aromatic nitrogens is 5. The molecule has 9 heteroatoms. The van der Waals surface area contributed by atoms with Crippen LogP contribution in [0.15, 0.2) is 91.4 Å². The van der Waals surface area contributed by atoms with Crippen LogP contribution in [0.4, 0.5) is 5.82 Å². The molecule has 3 aromatic carbocycles. The topological polar surface area (TPSA) is 106 Å². The van der Waals surface area contributed by atoms with Crippen molar-refractivity contribution in [3.05, 3.63) is 103 Å². The fourth-order valence-corrected chi connectivity index (χ4v) is 5.38. The van der Waals surface area contributed by atoms with Gasteiger partial charge in [0, 0.05) is 42.2 Å². The van der Waals surface area contributed by atoms with Crippen LogP contribution >= 0.6 is 0 Å². The monoisotopic (exact) mass is 528 g/mol. The second-order valence-electron chi connectivity index (χ2n) is 10.2. The molecule has 1 amide bonds. The molecule has 9 nitrogen and oxygen atoms in total. The number of benzene rings is 3. The largest absolute Gasteiger partial charge is 0.382 e. The number of nitrogen functional groups attached to an aromatic ring is 1. The van der Waals surface area contributed by atoms with E-state index in [-0.39, 0.29) is 5.91 Å². The molecule has 4 heterocycles. The smallest absolute Gasteiger partial charge is 0.222 e. The predicted molar refractivity (Wildman–Crippen MR) is 155 cm³/mol. The Morgan fingerprint density at radius 2 is 1.70 bits per heavy atom. The summed E-state index contributed by atoms with van der Waals surface area (Å²) in [5.74, 6) is 0.540. The van der Waals surface area contributed by atoms with Crippen molar-refractivity contribution < 1.29 is 4.79 Å². The standard InChI is InChI=1S/C31H28N8O/c32-31-30-26(24-10-11-25-18-38(36-27(25)14-24)17-21-4-2-1-3-5-21)15-28(39(30)35-19-33-31)23-8-6-22(7-9-23)16-37-13-12-29(40)34-20-37/h1-11,14-15,18-19H,12-13,16-17,20H2,(H,34,40)(H2,32,33,35). The summed E-state index contributed by atoms with van der Waals surface area (Å²) in [5, 5.41) is 13.4. The lowest BCUT2D eigenvalue weighted by atomic mass is 10.0. The number of carbonyl (C=O) groups excluding carboxylic acids is 1. The Hall–Kier alpha value is -5.02. The number of nitrogens with zero attached hydrogens (tertiary/aromatic N) is 6. The number of hydrogen-bond acceptors (Lipinski definition) is 6. The number of nitrogens with two attached hydrogens (primary N) is 1. The molecule has 198 valence electrons. The van der Waals surface area contributed by atoms with Gasteiger partial charge in [0.05, 0.1) is 24.4 Å². The Morgan fingerprint density at radius 1 is 0.900 bits per heavy atom. The van der Waals surface area contributed by atoms with Crippen LogP contribution in [0.25, 0.3) is 38.8 Å². The molecule has 0 radical (unpaired) electrons. The normalized spacial score (nSPS) is 14.2. The molecule has 0 spiro atoms. The maximum atomic E-state index is 11.5. The summed E-state index contributed by atoms with van der Waals surface area (Å²) < 4.78 is 3.84. The van der Waals surface area contributed by atoms with Gasteiger partial charge in [-0.15, -0.1) is 0 Å². The Morgan fingerprint density at radius 3 is 2.50 bits per heavy atom. The lowest BCUT2D eigenvalue weighted by Gasteiger charge is -2.26. The molecule has 1 saturated heterocycles. The molecule has 0 unspecified atom stereocenters. The minimum Gasteiger partial charge on any atom is -0.382 e. The van der Waals surface area contributed by atoms with Crippen LogP contribution in [-0.2, 0) is 17.9 Å². The third-order valence-electron chi connectivity index (χ3n) is 7.45. The van der Waals surface area contributed by atoms with Gasteiger partial charge in [-0.3, -0.25) is 14.4 Å². The number of hydrogen-bond donors (Lipinski definition) is 2. The average molecular weight is 529 g/mol. The van der Waals surface area contributed by atoms with Crippen LogP contribution in [0.5, 0.6) is 0 Å². The molecule has 1 aliphatic heterocycles. The van der Waals surface area contributed by atoms with Crippen molar-refractivity contribution in [2.24, 2.45) is 0 Å². The van der Waals surface area contributed by atoms with E-state index in [2.05, 4.69) is 87.2 Å². The number of fused-ring (bicyclic) bond motifs is 2. The van der Waals surface area contributed by atoms with Gasteiger partial charge in [0.1, 0.15) is 11.8 Å². The van der Waals surface area contributed by atoms with Crippen molar-refractivity contribution in [3.8, 4) is 22.4 Å². The third kappa shape index (κ3) is 4.56. The van der Waals surface area contributed by atoms with E-state index < -0.39 is 0 Å². The van der Waals surface area contributed by atoms with Crippen LogP contribution in [0, 0.1) is 0 Å². The van der Waals surface area contributed by atoms with E-state index in [0.717, 1.165) is 51.9 Å². The van der Waals surface area contributed by atoms with Gasteiger partial charge in [-0.1, -0.05) is 66.7 Å². The molecule has 7 rings (SSSR count). The molecule has 0 atom stereocenters. The zero-order chi connectivity index (χ0) is 27.1. The minimum atomic E-state index is 0.114. The first-order valence-electron chi connectivity index (χ1n) is 13.3. The zero-order valence-electron chi connectivity index (χ0n) is 21.9. The van der Waals surface area contributed by atoms with E-state index in [1.165, 1.54) is 17.5 Å². The van der Waals surface area contributed by atoms with Crippen molar-refractivity contribution in [2.75, 3.05) is 18.9 Å². The second kappa shape index (κ2) is 9.94. The first-order valence-corrected chi connectivity index (χ1v) is 13.3. The maximum Gasteiger partial charge on any atom is 0.222 e. The van der Waals surface area contributed by atoms with Crippen molar-refractivity contribution in [1.82, 2.24) is 34.6 Å². The third-order valence-corrected chi connectivity index (χ3v) is 7.45. The molecular weight excluding hydrogens is 500 g/mol. The van der Waals surface area contributed by atoms with E-state index in [1.54, 1.807) is 0 Å². The molecular formula is C31H28N8O. The van der Waals surface area contributed by atoms with E-state index >= 15 is 0 Å². The predicted octanol–water partition coefficient (Wildman–Crippen LogP) is 4.32. The van der Waals surface area contributed by atoms with Gasteiger partial charge in [0.2, 0.25) is 5.91 Å².